The fourth-order valence-electron chi connectivity index (χ4n) is 1.50. The molecule has 0 saturated heterocycles. The zero-order valence-electron chi connectivity index (χ0n) is 13.4. The molecule has 0 fully saturated rings. The number of benzene rings is 1. The molecule has 0 aliphatic heterocycles. The Labute approximate surface area is 127 Å². The van der Waals surface area contributed by atoms with Gasteiger partial charge in [-0.05, 0) is 24.3 Å². The van der Waals surface area contributed by atoms with E-state index in [0.717, 1.165) is 12.8 Å². The van der Waals surface area contributed by atoms with E-state index in [1.807, 2.05) is 30.3 Å². The van der Waals surface area contributed by atoms with Crippen molar-refractivity contribution in [1.82, 2.24) is 0 Å². The molecule has 0 aromatic heterocycles. The summed E-state index contributed by atoms with van der Waals surface area (Å²) in [7, 11) is 2.83. The molecular weight excluding hydrogens is 268 g/mol. The Kier molecular flexibility index (Phi) is 10.9. The Morgan fingerprint density at radius 3 is 1.95 bits per heavy atom. The van der Waals surface area contributed by atoms with Crippen LogP contribution in [0.15, 0.2) is 30.3 Å². The van der Waals surface area contributed by atoms with Gasteiger partial charge in [0.05, 0.1) is 14.2 Å². The van der Waals surface area contributed by atoms with Crippen molar-refractivity contribution < 1.29 is 19.1 Å². The molecule has 0 heterocycles. The second-order valence-electron chi connectivity index (χ2n) is 5.07. The number of methoxy groups -OCH3 is 2. The summed E-state index contributed by atoms with van der Waals surface area (Å²) in [6.45, 7) is 4.17. The van der Waals surface area contributed by atoms with Gasteiger partial charge in [0.2, 0.25) is 0 Å². The van der Waals surface area contributed by atoms with Crippen molar-refractivity contribution in [2.45, 2.75) is 39.5 Å². The predicted molar refractivity (Wildman–Crippen MR) is 82.9 cm³/mol. The quantitative estimate of drug-likeness (QED) is 0.755. The lowest BCUT2D eigenvalue weighted by Gasteiger charge is -2.00. The van der Waals surface area contributed by atoms with Gasteiger partial charge in [-0.3, -0.25) is 9.59 Å². The fourth-order valence-corrected chi connectivity index (χ4v) is 1.50. The van der Waals surface area contributed by atoms with E-state index in [4.69, 9.17) is 0 Å². The van der Waals surface area contributed by atoms with Crippen molar-refractivity contribution in [2.75, 3.05) is 14.2 Å². The van der Waals surface area contributed by atoms with E-state index in [1.165, 1.54) is 19.8 Å². The molecule has 0 saturated carbocycles. The summed E-state index contributed by atoms with van der Waals surface area (Å²) in [5.41, 5.74) is 1.17. The van der Waals surface area contributed by atoms with E-state index in [9.17, 15) is 9.59 Å². The molecule has 0 atom stereocenters. The van der Waals surface area contributed by atoms with Gasteiger partial charge in [0, 0.05) is 12.8 Å². The summed E-state index contributed by atoms with van der Waals surface area (Å²) < 4.78 is 8.99. The van der Waals surface area contributed by atoms with E-state index in [1.54, 1.807) is 0 Å². The summed E-state index contributed by atoms with van der Waals surface area (Å²) >= 11 is 0. The van der Waals surface area contributed by atoms with Crippen LogP contribution in [0.2, 0.25) is 0 Å². The molecule has 0 aliphatic carbocycles. The maximum Gasteiger partial charge on any atom is 0.305 e. The lowest BCUT2D eigenvalue weighted by molar-refractivity contribution is -0.141. The maximum absolute atomic E-state index is 10.8. The Bertz CT molecular complexity index is 399. The Balaban J connectivity index is 0.000000400. The van der Waals surface area contributed by atoms with Gasteiger partial charge in [-0.15, -0.1) is 0 Å². The third-order valence-corrected chi connectivity index (χ3v) is 2.84. The zero-order chi connectivity index (χ0) is 16.1. The third kappa shape index (κ3) is 11.7. The summed E-state index contributed by atoms with van der Waals surface area (Å²) in [6, 6.07) is 9.90. The number of aryl methyl sites for hydroxylation is 1. The first kappa shape index (κ1) is 19.2. The number of esters is 2. The van der Waals surface area contributed by atoms with Crippen LogP contribution in [0.4, 0.5) is 0 Å². The van der Waals surface area contributed by atoms with Crippen molar-refractivity contribution in [3.8, 4) is 0 Å². The van der Waals surface area contributed by atoms with Crippen molar-refractivity contribution in [1.29, 1.82) is 0 Å². The monoisotopic (exact) mass is 294 g/mol. The molecule has 0 unspecified atom stereocenters. The van der Waals surface area contributed by atoms with Crippen LogP contribution in [0.5, 0.6) is 0 Å². The van der Waals surface area contributed by atoms with Crippen LogP contribution in [0.3, 0.4) is 0 Å². The van der Waals surface area contributed by atoms with E-state index in [0.29, 0.717) is 18.8 Å². The molecule has 0 N–H and O–H groups in total. The van der Waals surface area contributed by atoms with E-state index < -0.39 is 0 Å². The Morgan fingerprint density at radius 1 is 0.952 bits per heavy atom. The minimum Gasteiger partial charge on any atom is -0.469 e. The number of hydrogen-bond donors (Lipinski definition) is 0. The van der Waals surface area contributed by atoms with E-state index in [2.05, 4.69) is 23.3 Å². The third-order valence-electron chi connectivity index (χ3n) is 2.84. The summed E-state index contributed by atoms with van der Waals surface area (Å²) in [5.74, 6) is 0.326. The van der Waals surface area contributed by atoms with Gasteiger partial charge in [-0.2, -0.15) is 0 Å². The normalized spacial score (nSPS) is 9.57. The highest BCUT2D eigenvalue weighted by Gasteiger charge is 2.01. The van der Waals surface area contributed by atoms with E-state index in [-0.39, 0.29) is 11.9 Å². The van der Waals surface area contributed by atoms with Crippen molar-refractivity contribution in [2.24, 2.45) is 5.92 Å². The molecule has 0 amide bonds. The Morgan fingerprint density at radius 2 is 1.48 bits per heavy atom. The van der Waals surface area contributed by atoms with Crippen LogP contribution in [-0.4, -0.2) is 26.2 Å². The largest absolute Gasteiger partial charge is 0.469 e. The van der Waals surface area contributed by atoms with Crippen molar-refractivity contribution in [3.63, 3.8) is 0 Å². The first-order chi connectivity index (χ1) is 9.99. The zero-order valence-corrected chi connectivity index (χ0v) is 13.4. The molecule has 1 aromatic carbocycles. The number of carbonyl (C=O) groups is 2. The smallest absolute Gasteiger partial charge is 0.305 e. The summed E-state index contributed by atoms with van der Waals surface area (Å²) in [5, 5.41) is 0. The summed E-state index contributed by atoms with van der Waals surface area (Å²) in [6.07, 6.45) is 2.69. The first-order valence-electron chi connectivity index (χ1n) is 7.17. The standard InChI is InChI=1S/C10H12O2.C7H14O2/c1-12-10(11)8-7-9-5-3-2-4-6-9;1-6(2)4-5-7(8)9-3/h2-6H,7-8H2,1H3;6H,4-5H2,1-3H3. The second-order valence-corrected chi connectivity index (χ2v) is 5.07. The molecule has 0 spiro atoms. The van der Waals surface area contributed by atoms with Crippen LogP contribution in [0.1, 0.15) is 38.7 Å². The molecule has 1 rings (SSSR count). The van der Waals surface area contributed by atoms with Gasteiger partial charge in [0.15, 0.2) is 0 Å². The molecule has 0 bridgehead atoms. The average Bonchev–Trinajstić information content (AvgIpc) is 2.51. The topological polar surface area (TPSA) is 52.6 Å². The Hall–Kier alpha value is -1.84. The van der Waals surface area contributed by atoms with Gasteiger partial charge in [0.1, 0.15) is 0 Å². The van der Waals surface area contributed by atoms with Gasteiger partial charge in [-0.1, -0.05) is 44.2 Å². The highest BCUT2D eigenvalue weighted by Crippen LogP contribution is 2.03. The lowest BCUT2D eigenvalue weighted by Crippen LogP contribution is -2.01. The minimum absolute atomic E-state index is 0.108. The number of carbonyl (C=O) groups excluding carboxylic acids is 2. The second kappa shape index (κ2) is 11.9. The van der Waals surface area contributed by atoms with Gasteiger partial charge in [-0.25, -0.2) is 0 Å². The van der Waals surface area contributed by atoms with Crippen molar-refractivity contribution >= 4 is 11.9 Å². The minimum atomic E-state index is -0.154. The molecule has 0 radical (unpaired) electrons. The highest BCUT2D eigenvalue weighted by atomic mass is 16.5. The van der Waals surface area contributed by atoms with Crippen LogP contribution < -0.4 is 0 Å². The van der Waals surface area contributed by atoms with Crippen LogP contribution in [0, 0.1) is 5.92 Å². The molecule has 1 aromatic rings. The molecular formula is C17H26O4. The number of rotatable bonds is 6. The molecule has 4 nitrogen and oxygen atoms in total. The summed E-state index contributed by atoms with van der Waals surface area (Å²) in [4.78, 5) is 21.3. The number of ether oxygens (including phenoxy) is 2. The van der Waals surface area contributed by atoms with Gasteiger partial charge >= 0.3 is 11.9 Å². The van der Waals surface area contributed by atoms with Crippen LogP contribution in [-0.2, 0) is 25.5 Å². The number of hydrogen-bond acceptors (Lipinski definition) is 4. The predicted octanol–water partition coefficient (Wildman–Crippen LogP) is 3.39. The molecule has 118 valence electrons. The SMILES string of the molecule is COC(=O)CCC(C)C.COC(=O)CCc1ccccc1. The average molecular weight is 294 g/mol. The van der Waals surface area contributed by atoms with Crippen LogP contribution in [0.25, 0.3) is 0 Å². The fraction of sp³-hybridized carbons (Fsp3) is 0.529. The van der Waals surface area contributed by atoms with Crippen LogP contribution >= 0.6 is 0 Å². The van der Waals surface area contributed by atoms with E-state index >= 15 is 0 Å². The maximum atomic E-state index is 10.8. The molecule has 21 heavy (non-hydrogen) atoms. The van der Waals surface area contributed by atoms with Gasteiger partial charge in [0.25, 0.3) is 0 Å². The van der Waals surface area contributed by atoms with Crippen molar-refractivity contribution in [3.05, 3.63) is 35.9 Å². The highest BCUT2D eigenvalue weighted by molar-refractivity contribution is 5.69. The lowest BCUT2D eigenvalue weighted by atomic mass is 10.1. The van der Waals surface area contributed by atoms with Gasteiger partial charge < -0.3 is 9.47 Å². The molecule has 4 heteroatoms. The first-order valence-corrected chi connectivity index (χ1v) is 7.17. The molecule has 0 aliphatic rings.